The van der Waals surface area contributed by atoms with Gasteiger partial charge in [0, 0.05) is 11.4 Å². The summed E-state index contributed by atoms with van der Waals surface area (Å²) >= 11 is 1.73. The third kappa shape index (κ3) is 1.97. The fraction of sp³-hybridized carbons (Fsp3) is 0.643. The van der Waals surface area contributed by atoms with Crippen molar-refractivity contribution >= 4 is 17.2 Å². The lowest BCUT2D eigenvalue weighted by atomic mass is 9.66. The molecule has 1 amide bonds. The highest BCUT2D eigenvalue weighted by atomic mass is 32.1. The Kier molecular flexibility index (Phi) is 3.16. The lowest BCUT2D eigenvalue weighted by molar-refractivity contribution is -0.130. The molecule has 1 saturated carbocycles. The summed E-state index contributed by atoms with van der Waals surface area (Å²) in [5.74, 6) is 0.258. The lowest BCUT2D eigenvalue weighted by Crippen LogP contribution is -2.44. The first-order chi connectivity index (χ1) is 8.74. The van der Waals surface area contributed by atoms with E-state index < -0.39 is 0 Å². The zero-order valence-corrected chi connectivity index (χ0v) is 11.6. The third-order valence-corrected chi connectivity index (χ3v) is 5.49. The van der Waals surface area contributed by atoms with Gasteiger partial charge in [0.15, 0.2) is 0 Å². The maximum atomic E-state index is 12.1. The second kappa shape index (κ2) is 4.67. The van der Waals surface area contributed by atoms with E-state index in [-0.39, 0.29) is 12.1 Å². The molecule has 0 spiro atoms. The summed E-state index contributed by atoms with van der Waals surface area (Å²) in [6, 6.07) is 4.18. The van der Waals surface area contributed by atoms with Crippen LogP contribution in [0.3, 0.4) is 0 Å². The molecular weight excluding hydrogens is 244 g/mol. The van der Waals surface area contributed by atoms with Crippen molar-refractivity contribution in [3.05, 3.63) is 22.4 Å². The Morgan fingerprint density at radius 1 is 1.56 bits per heavy atom. The molecule has 1 N–H and O–H groups in total. The number of rotatable bonds is 4. The highest BCUT2D eigenvalue weighted by Crippen LogP contribution is 2.45. The van der Waals surface area contributed by atoms with E-state index in [2.05, 4.69) is 34.7 Å². The van der Waals surface area contributed by atoms with Gasteiger partial charge in [0.1, 0.15) is 6.17 Å². The summed E-state index contributed by atoms with van der Waals surface area (Å²) in [5, 5.41) is 5.42. The van der Waals surface area contributed by atoms with E-state index in [0.29, 0.717) is 12.0 Å². The largest absolute Gasteiger partial charge is 0.320 e. The Bertz CT molecular complexity index is 420. The highest BCUT2D eigenvalue weighted by molar-refractivity contribution is 7.10. The number of hydrogen-bond donors (Lipinski definition) is 1. The van der Waals surface area contributed by atoms with Crippen LogP contribution < -0.4 is 5.32 Å². The first kappa shape index (κ1) is 12.2. The van der Waals surface area contributed by atoms with Crippen LogP contribution in [0, 0.1) is 5.41 Å². The molecule has 0 aromatic carbocycles. The van der Waals surface area contributed by atoms with Crippen LogP contribution >= 0.6 is 11.3 Å². The number of amides is 1. The molecule has 3 nitrogen and oxygen atoms in total. The van der Waals surface area contributed by atoms with Gasteiger partial charge < -0.3 is 4.90 Å². The van der Waals surface area contributed by atoms with Gasteiger partial charge in [-0.3, -0.25) is 10.1 Å². The number of thiophene rings is 1. The van der Waals surface area contributed by atoms with Crippen molar-refractivity contribution in [2.45, 2.75) is 38.8 Å². The van der Waals surface area contributed by atoms with Gasteiger partial charge in [-0.2, -0.15) is 0 Å². The molecule has 1 aliphatic carbocycles. The molecule has 1 aromatic rings. The number of nitrogens with one attached hydrogen (secondary N) is 1. The summed E-state index contributed by atoms with van der Waals surface area (Å²) in [6.45, 7) is 3.67. The standard InChI is InChI=1S/C14H20N2OS/c1-2-14(6-4-7-14)10-16-12(17)9-15-13(16)11-5-3-8-18-11/h3,5,8,13,15H,2,4,6-7,9-10H2,1H3. The fourth-order valence-corrected chi connectivity index (χ4v) is 3.89. The van der Waals surface area contributed by atoms with Crippen LogP contribution in [0.1, 0.15) is 43.6 Å². The topological polar surface area (TPSA) is 32.3 Å². The van der Waals surface area contributed by atoms with Crippen molar-refractivity contribution < 1.29 is 4.79 Å². The molecule has 0 radical (unpaired) electrons. The van der Waals surface area contributed by atoms with Crippen molar-refractivity contribution in [3.63, 3.8) is 0 Å². The molecule has 4 heteroatoms. The zero-order valence-electron chi connectivity index (χ0n) is 10.8. The summed E-state index contributed by atoms with van der Waals surface area (Å²) in [6.07, 6.45) is 5.19. The first-order valence-electron chi connectivity index (χ1n) is 6.80. The van der Waals surface area contributed by atoms with E-state index in [1.165, 1.54) is 30.6 Å². The molecule has 18 heavy (non-hydrogen) atoms. The number of nitrogens with zero attached hydrogens (tertiary/aromatic N) is 1. The maximum Gasteiger partial charge on any atom is 0.238 e. The predicted octanol–water partition coefficient (Wildman–Crippen LogP) is 2.76. The normalized spacial score (nSPS) is 26.4. The third-order valence-electron chi connectivity index (χ3n) is 4.56. The first-order valence-corrected chi connectivity index (χ1v) is 7.68. The van der Waals surface area contributed by atoms with Gasteiger partial charge in [0.25, 0.3) is 0 Å². The van der Waals surface area contributed by atoms with Gasteiger partial charge in [-0.15, -0.1) is 11.3 Å². The van der Waals surface area contributed by atoms with E-state index in [1.807, 2.05) is 0 Å². The zero-order chi connectivity index (χ0) is 12.6. The quantitative estimate of drug-likeness (QED) is 0.907. The minimum atomic E-state index is 0.113. The molecule has 1 aromatic heterocycles. The van der Waals surface area contributed by atoms with Crippen molar-refractivity contribution in [2.75, 3.05) is 13.1 Å². The van der Waals surface area contributed by atoms with Gasteiger partial charge in [-0.25, -0.2) is 0 Å². The Balaban J connectivity index is 1.77. The lowest BCUT2D eigenvalue weighted by Gasteiger charge is -2.44. The van der Waals surface area contributed by atoms with E-state index >= 15 is 0 Å². The Labute approximate surface area is 112 Å². The average Bonchev–Trinajstić information content (AvgIpc) is 2.94. The van der Waals surface area contributed by atoms with Crippen molar-refractivity contribution in [3.8, 4) is 0 Å². The second-order valence-electron chi connectivity index (χ2n) is 5.53. The molecule has 1 saturated heterocycles. The van der Waals surface area contributed by atoms with Crippen LogP contribution in [0.2, 0.25) is 0 Å². The number of carbonyl (C=O) groups is 1. The highest BCUT2D eigenvalue weighted by Gasteiger charge is 2.42. The number of hydrogen-bond acceptors (Lipinski definition) is 3. The summed E-state index contributed by atoms with van der Waals surface area (Å²) in [4.78, 5) is 15.4. The van der Waals surface area contributed by atoms with Crippen LogP contribution in [0.15, 0.2) is 17.5 Å². The molecule has 2 heterocycles. The molecule has 2 aliphatic rings. The van der Waals surface area contributed by atoms with Gasteiger partial charge in [0.2, 0.25) is 5.91 Å². The van der Waals surface area contributed by atoms with Crippen LogP contribution in [0.5, 0.6) is 0 Å². The minimum Gasteiger partial charge on any atom is -0.320 e. The summed E-state index contributed by atoms with van der Waals surface area (Å²) in [5.41, 5.74) is 0.400. The second-order valence-corrected chi connectivity index (χ2v) is 6.51. The fourth-order valence-electron chi connectivity index (χ4n) is 3.08. The molecular formula is C14H20N2OS. The van der Waals surface area contributed by atoms with Crippen molar-refractivity contribution in [1.29, 1.82) is 0 Å². The Morgan fingerprint density at radius 3 is 2.94 bits per heavy atom. The van der Waals surface area contributed by atoms with E-state index in [9.17, 15) is 4.79 Å². The maximum absolute atomic E-state index is 12.1. The van der Waals surface area contributed by atoms with E-state index in [4.69, 9.17) is 0 Å². The molecule has 2 fully saturated rings. The number of carbonyl (C=O) groups excluding carboxylic acids is 1. The summed E-state index contributed by atoms with van der Waals surface area (Å²) in [7, 11) is 0. The van der Waals surface area contributed by atoms with Gasteiger partial charge >= 0.3 is 0 Å². The Morgan fingerprint density at radius 2 is 2.39 bits per heavy atom. The molecule has 98 valence electrons. The molecule has 1 unspecified atom stereocenters. The van der Waals surface area contributed by atoms with Gasteiger partial charge in [0.05, 0.1) is 6.54 Å². The SMILES string of the molecule is CCC1(CN2C(=O)CNC2c2cccs2)CCC1. The average molecular weight is 264 g/mol. The molecule has 1 aliphatic heterocycles. The molecule has 3 rings (SSSR count). The predicted molar refractivity (Wildman–Crippen MR) is 73.4 cm³/mol. The molecule has 0 bridgehead atoms. The van der Waals surface area contributed by atoms with Crippen LogP contribution in [-0.4, -0.2) is 23.9 Å². The monoisotopic (exact) mass is 264 g/mol. The van der Waals surface area contributed by atoms with Crippen molar-refractivity contribution in [1.82, 2.24) is 10.2 Å². The van der Waals surface area contributed by atoms with Crippen molar-refractivity contribution in [2.24, 2.45) is 5.41 Å². The summed E-state index contributed by atoms with van der Waals surface area (Å²) < 4.78 is 0. The van der Waals surface area contributed by atoms with E-state index in [1.54, 1.807) is 11.3 Å². The van der Waals surface area contributed by atoms with E-state index in [0.717, 1.165) is 6.54 Å². The molecule has 1 atom stereocenters. The van der Waals surface area contributed by atoms with Crippen LogP contribution in [0.4, 0.5) is 0 Å². The van der Waals surface area contributed by atoms with Crippen LogP contribution in [-0.2, 0) is 4.79 Å². The Hall–Kier alpha value is -0.870. The van der Waals surface area contributed by atoms with Gasteiger partial charge in [-0.05, 0) is 36.1 Å². The van der Waals surface area contributed by atoms with Crippen LogP contribution in [0.25, 0.3) is 0 Å². The van der Waals surface area contributed by atoms with Gasteiger partial charge in [-0.1, -0.05) is 19.4 Å². The smallest absolute Gasteiger partial charge is 0.238 e. The minimum absolute atomic E-state index is 0.113.